The maximum Gasteiger partial charge on any atom is 0.573 e. The van der Waals surface area contributed by atoms with Crippen molar-refractivity contribution in [1.29, 1.82) is 0 Å². The smallest absolute Gasteiger partial charge is 0.497 e. The lowest BCUT2D eigenvalue weighted by Gasteiger charge is -2.12. The summed E-state index contributed by atoms with van der Waals surface area (Å²) >= 11 is 1.20. The Morgan fingerprint density at radius 1 is 1.05 bits per heavy atom. The SMILES string of the molecule is CNC(=O)NCCCn1c(-c2ccc(OC(F)(F)F)cc2)csc1=NC(=O)c1ccc(OC)cc1OC. The highest BCUT2D eigenvalue weighted by Gasteiger charge is 2.31. The van der Waals surface area contributed by atoms with Gasteiger partial charge in [-0.2, -0.15) is 4.99 Å². The van der Waals surface area contributed by atoms with Gasteiger partial charge in [0.2, 0.25) is 0 Å². The highest BCUT2D eigenvalue weighted by Crippen LogP contribution is 2.28. The molecule has 0 radical (unpaired) electrons. The number of benzene rings is 2. The highest BCUT2D eigenvalue weighted by atomic mass is 32.1. The number of thiazole rings is 1. The van der Waals surface area contributed by atoms with Crippen LogP contribution in [0.25, 0.3) is 11.3 Å². The quantitative estimate of drug-likeness (QED) is 0.398. The molecule has 0 unspecified atom stereocenters. The summed E-state index contributed by atoms with van der Waals surface area (Å²) in [6, 6.07) is 9.81. The van der Waals surface area contributed by atoms with Crippen molar-refractivity contribution >= 4 is 23.3 Å². The number of amides is 3. The van der Waals surface area contributed by atoms with Crippen LogP contribution in [0.5, 0.6) is 17.2 Å². The second-order valence-electron chi connectivity index (χ2n) is 7.47. The van der Waals surface area contributed by atoms with E-state index in [0.717, 1.165) is 0 Å². The van der Waals surface area contributed by atoms with Gasteiger partial charge in [-0.05, 0) is 48.4 Å². The summed E-state index contributed by atoms with van der Waals surface area (Å²) in [7, 11) is 4.43. The molecular weight excluding hydrogens is 513 g/mol. The number of hydrogen-bond acceptors (Lipinski definition) is 6. The van der Waals surface area contributed by atoms with Gasteiger partial charge < -0.3 is 29.4 Å². The Bertz CT molecular complexity index is 1300. The summed E-state index contributed by atoms with van der Waals surface area (Å²) in [5.74, 6) is -0.0755. The third kappa shape index (κ3) is 7.49. The van der Waals surface area contributed by atoms with Crippen molar-refractivity contribution in [1.82, 2.24) is 15.2 Å². The van der Waals surface area contributed by atoms with E-state index in [-0.39, 0.29) is 17.3 Å². The van der Waals surface area contributed by atoms with Gasteiger partial charge in [-0.25, -0.2) is 4.79 Å². The molecule has 1 aromatic heterocycles. The Morgan fingerprint density at radius 3 is 2.38 bits per heavy atom. The second kappa shape index (κ2) is 12.3. The largest absolute Gasteiger partial charge is 0.573 e. The van der Waals surface area contributed by atoms with Gasteiger partial charge in [-0.1, -0.05) is 0 Å². The van der Waals surface area contributed by atoms with Crippen LogP contribution in [-0.4, -0.2) is 50.7 Å². The van der Waals surface area contributed by atoms with Crippen molar-refractivity contribution in [3.05, 3.63) is 58.2 Å². The molecule has 37 heavy (non-hydrogen) atoms. The van der Waals surface area contributed by atoms with Gasteiger partial charge in [-0.15, -0.1) is 24.5 Å². The number of hydrogen-bond donors (Lipinski definition) is 2. The van der Waals surface area contributed by atoms with Gasteiger partial charge in [0.15, 0.2) is 4.80 Å². The average Bonchev–Trinajstić information content (AvgIpc) is 3.27. The van der Waals surface area contributed by atoms with E-state index in [9.17, 15) is 22.8 Å². The van der Waals surface area contributed by atoms with Crippen LogP contribution in [0.3, 0.4) is 0 Å². The molecule has 13 heteroatoms. The Kier molecular flexibility index (Phi) is 9.17. The monoisotopic (exact) mass is 538 g/mol. The first-order chi connectivity index (χ1) is 17.6. The number of nitrogens with zero attached hydrogens (tertiary/aromatic N) is 2. The van der Waals surface area contributed by atoms with Crippen LogP contribution in [0.1, 0.15) is 16.8 Å². The molecule has 0 aliphatic heterocycles. The number of nitrogens with one attached hydrogen (secondary N) is 2. The molecule has 0 aliphatic rings. The van der Waals surface area contributed by atoms with E-state index in [1.54, 1.807) is 28.1 Å². The van der Waals surface area contributed by atoms with Crippen molar-refractivity contribution < 1.29 is 37.0 Å². The topological polar surface area (TPSA) is 103 Å². The fraction of sp³-hybridized carbons (Fsp3) is 0.292. The van der Waals surface area contributed by atoms with Gasteiger partial charge in [0.25, 0.3) is 5.91 Å². The predicted molar refractivity (Wildman–Crippen MR) is 131 cm³/mol. The molecule has 0 bridgehead atoms. The Balaban J connectivity index is 1.96. The molecule has 2 aromatic carbocycles. The summed E-state index contributed by atoms with van der Waals surface area (Å²) in [6.45, 7) is 0.718. The zero-order chi connectivity index (χ0) is 27.0. The standard InChI is InChI=1S/C24H25F3N4O5S/c1-28-22(33)29-11-4-12-31-19(15-5-7-16(8-6-15)36-24(25,26)27)14-37-23(31)30-21(32)18-10-9-17(34-2)13-20(18)35-3/h5-10,13-14H,4,11-12H2,1-3H3,(H2,28,29,33). The van der Waals surface area contributed by atoms with Gasteiger partial charge in [0.05, 0.1) is 25.5 Å². The second-order valence-corrected chi connectivity index (χ2v) is 8.31. The van der Waals surface area contributed by atoms with E-state index in [1.165, 1.54) is 56.9 Å². The van der Waals surface area contributed by atoms with Crippen molar-refractivity contribution in [2.24, 2.45) is 4.99 Å². The van der Waals surface area contributed by atoms with Gasteiger partial charge in [0.1, 0.15) is 17.2 Å². The summed E-state index contributed by atoms with van der Waals surface area (Å²) in [5.41, 5.74) is 1.47. The minimum Gasteiger partial charge on any atom is -0.497 e. The number of carbonyl (C=O) groups excluding carboxylic acids is 2. The van der Waals surface area contributed by atoms with E-state index in [1.807, 2.05) is 0 Å². The number of ether oxygens (including phenoxy) is 3. The lowest BCUT2D eigenvalue weighted by molar-refractivity contribution is -0.274. The van der Waals surface area contributed by atoms with Crippen LogP contribution < -0.4 is 29.6 Å². The summed E-state index contributed by atoms with van der Waals surface area (Å²) in [6.07, 6.45) is -4.30. The fourth-order valence-electron chi connectivity index (χ4n) is 3.34. The lowest BCUT2D eigenvalue weighted by Crippen LogP contribution is -2.34. The Labute approximate surface area is 214 Å². The first kappa shape index (κ1) is 27.6. The summed E-state index contributed by atoms with van der Waals surface area (Å²) in [5, 5.41) is 6.90. The van der Waals surface area contributed by atoms with E-state index in [2.05, 4.69) is 20.4 Å². The summed E-state index contributed by atoms with van der Waals surface area (Å²) in [4.78, 5) is 29.2. The van der Waals surface area contributed by atoms with Crippen LogP contribution in [0.15, 0.2) is 52.8 Å². The number of carbonyl (C=O) groups is 2. The number of rotatable bonds is 9. The van der Waals surface area contributed by atoms with Crippen molar-refractivity contribution in [3.63, 3.8) is 0 Å². The molecule has 198 valence electrons. The minimum atomic E-state index is -4.80. The molecule has 9 nitrogen and oxygen atoms in total. The molecule has 3 rings (SSSR count). The molecule has 0 saturated heterocycles. The molecule has 3 aromatic rings. The Hall–Kier alpha value is -4.00. The van der Waals surface area contributed by atoms with Gasteiger partial charge >= 0.3 is 12.4 Å². The van der Waals surface area contributed by atoms with E-state index >= 15 is 0 Å². The van der Waals surface area contributed by atoms with Crippen LogP contribution in [0, 0.1) is 0 Å². The third-order valence-corrected chi connectivity index (χ3v) is 5.95. The number of halogens is 3. The number of aromatic nitrogens is 1. The first-order valence-corrected chi connectivity index (χ1v) is 11.8. The lowest BCUT2D eigenvalue weighted by atomic mass is 10.1. The maximum absolute atomic E-state index is 13.0. The molecule has 0 spiro atoms. The van der Waals surface area contributed by atoms with Crippen molar-refractivity contribution in [3.8, 4) is 28.5 Å². The normalized spacial score (nSPS) is 11.7. The molecule has 3 amide bonds. The van der Waals surface area contributed by atoms with Gasteiger partial charge in [0, 0.05) is 31.6 Å². The minimum absolute atomic E-state index is 0.236. The Morgan fingerprint density at radius 2 is 1.76 bits per heavy atom. The highest BCUT2D eigenvalue weighted by molar-refractivity contribution is 7.07. The summed E-state index contributed by atoms with van der Waals surface area (Å²) < 4.78 is 53.8. The zero-order valence-corrected chi connectivity index (χ0v) is 21.0. The number of methoxy groups -OCH3 is 2. The molecule has 0 aliphatic carbocycles. The molecule has 1 heterocycles. The van der Waals surface area contributed by atoms with Crippen LogP contribution in [0.4, 0.5) is 18.0 Å². The first-order valence-electron chi connectivity index (χ1n) is 11.0. The third-order valence-electron chi connectivity index (χ3n) is 5.09. The van der Waals surface area contributed by atoms with Crippen LogP contribution in [-0.2, 0) is 6.54 Å². The molecule has 0 saturated carbocycles. The molecular formula is C24H25F3N4O5S. The van der Waals surface area contributed by atoms with E-state index < -0.39 is 12.3 Å². The maximum atomic E-state index is 13.0. The molecule has 0 fully saturated rings. The molecule has 0 atom stereocenters. The fourth-order valence-corrected chi connectivity index (χ4v) is 4.28. The van der Waals surface area contributed by atoms with Crippen molar-refractivity contribution in [2.45, 2.75) is 19.3 Å². The number of alkyl halides is 3. The van der Waals surface area contributed by atoms with Crippen LogP contribution >= 0.6 is 11.3 Å². The van der Waals surface area contributed by atoms with Crippen LogP contribution in [0.2, 0.25) is 0 Å². The zero-order valence-electron chi connectivity index (χ0n) is 20.2. The van der Waals surface area contributed by atoms with E-state index in [0.29, 0.717) is 47.1 Å². The van der Waals surface area contributed by atoms with Gasteiger partial charge in [-0.3, -0.25) is 4.79 Å². The number of urea groups is 1. The average molecular weight is 539 g/mol. The van der Waals surface area contributed by atoms with Crippen molar-refractivity contribution in [2.75, 3.05) is 27.8 Å². The van der Waals surface area contributed by atoms with E-state index in [4.69, 9.17) is 9.47 Å². The predicted octanol–water partition coefficient (Wildman–Crippen LogP) is 4.19. The molecule has 2 N–H and O–H groups in total.